The molecule has 0 amide bonds. The summed E-state index contributed by atoms with van der Waals surface area (Å²) in [5.74, 6) is 0.237. The smallest absolute Gasteiger partial charge is 0.245 e. The fourth-order valence-electron chi connectivity index (χ4n) is 1.55. The maximum atomic E-state index is 12.4. The molecule has 6 heteroatoms. The molecule has 0 saturated heterocycles. The highest BCUT2D eigenvalue weighted by Crippen LogP contribution is 2.27. The van der Waals surface area contributed by atoms with Crippen LogP contribution in [0.2, 0.25) is 0 Å². The first kappa shape index (κ1) is 15.5. The molecular formula is C12H19BrN2O2S. The molecule has 18 heavy (non-hydrogen) atoms. The van der Waals surface area contributed by atoms with E-state index in [1.807, 2.05) is 20.8 Å². The molecule has 1 aromatic rings. The van der Waals surface area contributed by atoms with E-state index in [1.54, 1.807) is 19.2 Å². The van der Waals surface area contributed by atoms with E-state index in [0.717, 1.165) is 4.47 Å². The van der Waals surface area contributed by atoms with E-state index in [9.17, 15) is 8.42 Å². The van der Waals surface area contributed by atoms with Crippen molar-refractivity contribution in [3.05, 3.63) is 22.7 Å². The third-order valence-electron chi connectivity index (χ3n) is 3.17. The minimum atomic E-state index is -3.54. The van der Waals surface area contributed by atoms with E-state index in [4.69, 9.17) is 5.73 Å². The second-order valence-electron chi connectivity index (χ2n) is 4.69. The molecule has 4 nitrogen and oxygen atoms in total. The summed E-state index contributed by atoms with van der Waals surface area (Å²) in [4.78, 5) is 0.153. The molecule has 0 bridgehead atoms. The summed E-state index contributed by atoms with van der Waals surface area (Å²) in [5.41, 5.74) is 6.04. The Balaban J connectivity index is 3.21. The van der Waals surface area contributed by atoms with Crippen LogP contribution in [-0.4, -0.2) is 25.8 Å². The van der Waals surface area contributed by atoms with Gasteiger partial charge in [0.1, 0.15) is 4.90 Å². The molecule has 0 aromatic heterocycles. The Kier molecular flexibility index (Phi) is 4.80. The van der Waals surface area contributed by atoms with E-state index in [-0.39, 0.29) is 22.5 Å². The van der Waals surface area contributed by atoms with Crippen molar-refractivity contribution >= 4 is 31.6 Å². The standard InChI is InChI=1S/C12H19BrN2O2S/c1-8(2)9(3)15(4)18(16,17)12-6-5-10(13)7-11(12)14/h5-9H,14H2,1-4H3. The van der Waals surface area contributed by atoms with Crippen LogP contribution in [0.3, 0.4) is 0 Å². The normalized spacial score (nSPS) is 14.2. The van der Waals surface area contributed by atoms with Gasteiger partial charge in [-0.15, -0.1) is 0 Å². The second-order valence-corrected chi connectivity index (χ2v) is 7.57. The van der Waals surface area contributed by atoms with Crippen LogP contribution in [0, 0.1) is 5.92 Å². The first-order valence-electron chi connectivity index (χ1n) is 5.71. The largest absolute Gasteiger partial charge is 0.398 e. The highest BCUT2D eigenvalue weighted by Gasteiger charge is 2.28. The fraction of sp³-hybridized carbons (Fsp3) is 0.500. The summed E-state index contributed by atoms with van der Waals surface area (Å²) in [6.07, 6.45) is 0. The van der Waals surface area contributed by atoms with Gasteiger partial charge in [0.25, 0.3) is 0 Å². The third-order valence-corrected chi connectivity index (χ3v) is 5.68. The number of rotatable bonds is 4. The average Bonchev–Trinajstić information content (AvgIpc) is 2.26. The van der Waals surface area contributed by atoms with Gasteiger partial charge in [-0.1, -0.05) is 29.8 Å². The van der Waals surface area contributed by atoms with Crippen molar-refractivity contribution in [2.75, 3.05) is 12.8 Å². The Morgan fingerprint density at radius 1 is 1.28 bits per heavy atom. The van der Waals surface area contributed by atoms with Gasteiger partial charge in [-0.05, 0) is 31.0 Å². The molecule has 102 valence electrons. The number of benzene rings is 1. The summed E-state index contributed by atoms with van der Waals surface area (Å²) in [5, 5.41) is 0. The van der Waals surface area contributed by atoms with Crippen molar-refractivity contribution in [3.8, 4) is 0 Å². The minimum Gasteiger partial charge on any atom is -0.398 e. The van der Waals surface area contributed by atoms with Gasteiger partial charge >= 0.3 is 0 Å². The lowest BCUT2D eigenvalue weighted by molar-refractivity contribution is 0.316. The van der Waals surface area contributed by atoms with Crippen LogP contribution >= 0.6 is 15.9 Å². The monoisotopic (exact) mass is 334 g/mol. The zero-order valence-electron chi connectivity index (χ0n) is 11.0. The van der Waals surface area contributed by atoms with Crippen molar-refractivity contribution in [1.82, 2.24) is 4.31 Å². The quantitative estimate of drug-likeness (QED) is 0.861. The molecule has 1 unspecified atom stereocenters. The fourth-order valence-corrected chi connectivity index (χ4v) is 3.52. The van der Waals surface area contributed by atoms with E-state index in [1.165, 1.54) is 10.4 Å². The predicted molar refractivity (Wildman–Crippen MR) is 77.8 cm³/mol. The van der Waals surface area contributed by atoms with Crippen molar-refractivity contribution in [3.63, 3.8) is 0 Å². The molecular weight excluding hydrogens is 316 g/mol. The van der Waals surface area contributed by atoms with Crippen LogP contribution in [0.15, 0.2) is 27.6 Å². The maximum Gasteiger partial charge on any atom is 0.245 e. The number of halogens is 1. The molecule has 1 rings (SSSR count). The summed E-state index contributed by atoms with van der Waals surface area (Å²) >= 11 is 3.26. The number of hydrogen-bond acceptors (Lipinski definition) is 3. The van der Waals surface area contributed by atoms with Crippen molar-refractivity contribution in [2.45, 2.75) is 31.7 Å². The number of anilines is 1. The van der Waals surface area contributed by atoms with Gasteiger partial charge in [0, 0.05) is 17.6 Å². The predicted octanol–water partition coefficient (Wildman–Crippen LogP) is 2.70. The van der Waals surface area contributed by atoms with Crippen molar-refractivity contribution in [2.24, 2.45) is 5.92 Å². The van der Waals surface area contributed by atoms with Gasteiger partial charge in [-0.3, -0.25) is 0 Å². The number of nitrogens with zero attached hydrogens (tertiary/aromatic N) is 1. The summed E-state index contributed by atoms with van der Waals surface area (Å²) in [7, 11) is -1.96. The number of nitrogen functional groups attached to an aromatic ring is 1. The summed E-state index contributed by atoms with van der Waals surface area (Å²) in [6.45, 7) is 5.86. The topological polar surface area (TPSA) is 63.4 Å². The Hall–Kier alpha value is -0.590. The molecule has 0 aliphatic rings. The number of hydrogen-bond donors (Lipinski definition) is 1. The SMILES string of the molecule is CC(C)C(C)N(C)S(=O)(=O)c1ccc(Br)cc1N. The zero-order valence-corrected chi connectivity index (χ0v) is 13.4. The van der Waals surface area contributed by atoms with Gasteiger partial charge in [0.15, 0.2) is 0 Å². The molecule has 1 atom stereocenters. The first-order valence-corrected chi connectivity index (χ1v) is 7.94. The Morgan fingerprint density at radius 3 is 2.28 bits per heavy atom. The molecule has 2 N–H and O–H groups in total. The molecule has 0 radical (unpaired) electrons. The van der Waals surface area contributed by atoms with Crippen LogP contribution < -0.4 is 5.73 Å². The lowest BCUT2D eigenvalue weighted by Gasteiger charge is -2.27. The maximum absolute atomic E-state index is 12.4. The molecule has 0 fully saturated rings. The highest BCUT2D eigenvalue weighted by atomic mass is 79.9. The lowest BCUT2D eigenvalue weighted by Crippen LogP contribution is -2.38. The Labute approximate surface area is 117 Å². The van der Waals surface area contributed by atoms with E-state index in [2.05, 4.69) is 15.9 Å². The third kappa shape index (κ3) is 3.05. The summed E-state index contributed by atoms with van der Waals surface area (Å²) in [6, 6.07) is 4.72. The van der Waals surface area contributed by atoms with Crippen LogP contribution in [0.4, 0.5) is 5.69 Å². The van der Waals surface area contributed by atoms with Crippen molar-refractivity contribution in [1.29, 1.82) is 0 Å². The Bertz CT molecular complexity index is 529. The second kappa shape index (κ2) is 5.59. The number of nitrogens with two attached hydrogens (primary N) is 1. The van der Waals surface area contributed by atoms with E-state index in [0.29, 0.717) is 0 Å². The first-order chi connectivity index (χ1) is 8.17. The molecule has 0 aliphatic heterocycles. The van der Waals surface area contributed by atoms with Gasteiger partial charge in [0.05, 0.1) is 5.69 Å². The molecule has 1 aromatic carbocycles. The average molecular weight is 335 g/mol. The molecule has 0 saturated carbocycles. The van der Waals surface area contributed by atoms with E-state index < -0.39 is 10.0 Å². The van der Waals surface area contributed by atoms with Gasteiger partial charge in [-0.2, -0.15) is 4.31 Å². The number of sulfonamides is 1. The Morgan fingerprint density at radius 2 is 1.83 bits per heavy atom. The van der Waals surface area contributed by atoms with E-state index >= 15 is 0 Å². The van der Waals surface area contributed by atoms with Gasteiger partial charge in [0.2, 0.25) is 10.0 Å². The van der Waals surface area contributed by atoms with Crippen LogP contribution in [0.25, 0.3) is 0 Å². The van der Waals surface area contributed by atoms with Crippen LogP contribution in [-0.2, 0) is 10.0 Å². The molecule has 0 aliphatic carbocycles. The minimum absolute atomic E-state index is 0.0851. The highest BCUT2D eigenvalue weighted by molar-refractivity contribution is 9.10. The molecule has 0 heterocycles. The molecule has 0 spiro atoms. The lowest BCUT2D eigenvalue weighted by atomic mass is 10.1. The zero-order chi connectivity index (χ0) is 14.1. The van der Waals surface area contributed by atoms with Crippen molar-refractivity contribution < 1.29 is 8.42 Å². The van der Waals surface area contributed by atoms with Crippen LogP contribution in [0.5, 0.6) is 0 Å². The summed E-state index contributed by atoms with van der Waals surface area (Å²) < 4.78 is 27.0. The van der Waals surface area contributed by atoms with Gasteiger partial charge < -0.3 is 5.73 Å². The van der Waals surface area contributed by atoms with Gasteiger partial charge in [-0.25, -0.2) is 8.42 Å². The van der Waals surface area contributed by atoms with Crippen LogP contribution in [0.1, 0.15) is 20.8 Å².